The fraction of sp³-hybridized carbons (Fsp3) is 0.423. The van der Waals surface area contributed by atoms with Gasteiger partial charge < -0.3 is 19.6 Å². The highest BCUT2D eigenvalue weighted by Crippen LogP contribution is 2.39. The molecule has 176 valence electrons. The summed E-state index contributed by atoms with van der Waals surface area (Å²) in [6, 6.07) is 8.19. The number of Topliss-reactive ketones (excluding diaryl/α,β-unsaturated/α-hetero) is 1. The summed E-state index contributed by atoms with van der Waals surface area (Å²) in [4.78, 5) is 33.7. The number of likely N-dealkylation sites (tertiary alicyclic amines) is 1. The molecule has 0 bridgehead atoms. The zero-order chi connectivity index (χ0) is 24.1. The van der Waals surface area contributed by atoms with Gasteiger partial charge >= 0.3 is 0 Å². The number of carbonyl (C=O) groups is 2. The molecule has 1 aliphatic heterocycles. The van der Waals surface area contributed by atoms with Crippen molar-refractivity contribution in [3.8, 4) is 5.75 Å². The number of aryl methyl sites for hydroxylation is 1. The maximum atomic E-state index is 13.1. The topological polar surface area (TPSA) is 83.0 Å². The number of benzene rings is 1. The molecule has 7 heteroatoms. The second-order valence-corrected chi connectivity index (χ2v) is 9.11. The fourth-order valence-corrected chi connectivity index (χ4v) is 3.93. The van der Waals surface area contributed by atoms with E-state index in [2.05, 4.69) is 18.8 Å². The Hall–Kier alpha value is -3.19. The number of nitrogens with zero attached hydrogens (tertiary/aromatic N) is 3. The van der Waals surface area contributed by atoms with E-state index in [-0.39, 0.29) is 11.3 Å². The normalized spacial score (nSPS) is 17.9. The molecule has 1 aromatic carbocycles. The van der Waals surface area contributed by atoms with Crippen molar-refractivity contribution < 1.29 is 19.4 Å². The van der Waals surface area contributed by atoms with Crippen molar-refractivity contribution in [1.82, 2.24) is 14.8 Å². The number of aliphatic hydroxyl groups excluding tert-OH is 1. The van der Waals surface area contributed by atoms with Gasteiger partial charge in [-0.05, 0) is 81.4 Å². The van der Waals surface area contributed by atoms with E-state index in [1.54, 1.807) is 47.6 Å². The lowest BCUT2D eigenvalue weighted by molar-refractivity contribution is -0.139. The number of aromatic nitrogens is 1. The van der Waals surface area contributed by atoms with Crippen LogP contribution in [0, 0.1) is 12.8 Å². The third kappa shape index (κ3) is 5.60. The minimum atomic E-state index is -0.669. The van der Waals surface area contributed by atoms with Crippen LogP contribution in [0.15, 0.2) is 48.3 Å². The van der Waals surface area contributed by atoms with Crippen LogP contribution < -0.4 is 4.74 Å². The number of carbonyl (C=O) groups excluding carboxylic acids is 2. The molecule has 0 saturated carbocycles. The van der Waals surface area contributed by atoms with Gasteiger partial charge in [0.2, 0.25) is 0 Å². The molecule has 1 aliphatic rings. The first kappa shape index (κ1) is 24.5. The average Bonchev–Trinajstić information content (AvgIpc) is 3.03. The molecular weight excluding hydrogens is 418 g/mol. The Morgan fingerprint density at radius 3 is 2.48 bits per heavy atom. The number of aliphatic hydroxyl groups is 1. The van der Waals surface area contributed by atoms with Crippen LogP contribution in [0.1, 0.15) is 43.0 Å². The van der Waals surface area contributed by atoms with Gasteiger partial charge in [0.05, 0.1) is 18.2 Å². The minimum absolute atomic E-state index is 0.103. The third-order valence-electron chi connectivity index (χ3n) is 5.59. The monoisotopic (exact) mass is 451 g/mol. The maximum Gasteiger partial charge on any atom is 0.295 e. The third-order valence-corrected chi connectivity index (χ3v) is 5.59. The van der Waals surface area contributed by atoms with E-state index >= 15 is 0 Å². The van der Waals surface area contributed by atoms with Gasteiger partial charge in [0.1, 0.15) is 11.5 Å². The Morgan fingerprint density at radius 2 is 1.88 bits per heavy atom. The first-order chi connectivity index (χ1) is 15.7. The number of ketones is 1. The summed E-state index contributed by atoms with van der Waals surface area (Å²) in [5.74, 6) is -0.317. The van der Waals surface area contributed by atoms with Gasteiger partial charge in [-0.25, -0.2) is 0 Å². The van der Waals surface area contributed by atoms with Gasteiger partial charge in [0.15, 0.2) is 0 Å². The number of pyridine rings is 1. The van der Waals surface area contributed by atoms with Crippen molar-refractivity contribution >= 4 is 17.4 Å². The van der Waals surface area contributed by atoms with Crippen LogP contribution >= 0.6 is 0 Å². The van der Waals surface area contributed by atoms with Gasteiger partial charge in [-0.2, -0.15) is 0 Å². The van der Waals surface area contributed by atoms with E-state index in [4.69, 9.17) is 4.74 Å². The van der Waals surface area contributed by atoms with Crippen LogP contribution in [-0.4, -0.2) is 65.4 Å². The Labute approximate surface area is 195 Å². The fourth-order valence-electron chi connectivity index (χ4n) is 3.93. The largest absolute Gasteiger partial charge is 0.507 e. The molecule has 33 heavy (non-hydrogen) atoms. The summed E-state index contributed by atoms with van der Waals surface area (Å²) in [6.45, 7) is 7.83. The molecule has 0 unspecified atom stereocenters. The molecule has 1 fully saturated rings. The molecule has 0 spiro atoms. The van der Waals surface area contributed by atoms with Gasteiger partial charge in [0.25, 0.3) is 11.7 Å². The smallest absolute Gasteiger partial charge is 0.295 e. The summed E-state index contributed by atoms with van der Waals surface area (Å²) in [5, 5.41) is 11.2. The summed E-state index contributed by atoms with van der Waals surface area (Å²) in [6.07, 6.45) is 3.96. The first-order valence-corrected chi connectivity index (χ1v) is 11.3. The number of hydrogen-bond donors (Lipinski definition) is 1. The highest BCUT2D eigenvalue weighted by Gasteiger charge is 2.45. The number of hydrogen-bond acceptors (Lipinski definition) is 6. The quantitative estimate of drug-likeness (QED) is 0.355. The van der Waals surface area contributed by atoms with Crippen LogP contribution in [-0.2, 0) is 9.59 Å². The van der Waals surface area contributed by atoms with Crippen molar-refractivity contribution in [3.63, 3.8) is 0 Å². The van der Waals surface area contributed by atoms with Gasteiger partial charge in [-0.15, -0.1) is 0 Å². The summed E-state index contributed by atoms with van der Waals surface area (Å²) < 4.78 is 5.83. The standard InChI is InChI=1S/C26H33N3O4/c1-17(2)16-33-21-8-7-20(15-18(21)3)24(30)22-23(19-9-11-27-12-10-19)29(26(32)25(22)31)14-6-13-28(4)5/h7-12,15,17,23,30H,6,13-14,16H2,1-5H3/t23-/m0/s1. The highest BCUT2D eigenvalue weighted by atomic mass is 16.5. The predicted octanol–water partition coefficient (Wildman–Crippen LogP) is 3.80. The molecule has 0 radical (unpaired) electrons. The summed E-state index contributed by atoms with van der Waals surface area (Å²) >= 11 is 0. The minimum Gasteiger partial charge on any atom is -0.507 e. The molecule has 7 nitrogen and oxygen atoms in total. The van der Waals surface area contributed by atoms with Crippen molar-refractivity contribution in [2.24, 2.45) is 5.92 Å². The van der Waals surface area contributed by atoms with E-state index in [9.17, 15) is 14.7 Å². The molecule has 2 heterocycles. The Balaban J connectivity index is 2.01. The van der Waals surface area contributed by atoms with Crippen molar-refractivity contribution in [2.75, 3.05) is 33.8 Å². The van der Waals surface area contributed by atoms with E-state index in [1.165, 1.54) is 0 Å². The molecule has 1 atom stereocenters. The van der Waals surface area contributed by atoms with E-state index in [0.29, 0.717) is 31.1 Å². The van der Waals surface area contributed by atoms with Crippen LogP contribution in [0.3, 0.4) is 0 Å². The van der Waals surface area contributed by atoms with E-state index < -0.39 is 17.7 Å². The van der Waals surface area contributed by atoms with Crippen LogP contribution in [0.2, 0.25) is 0 Å². The number of rotatable bonds is 9. The summed E-state index contributed by atoms with van der Waals surface area (Å²) in [7, 11) is 3.93. The molecule has 3 rings (SSSR count). The lowest BCUT2D eigenvalue weighted by Crippen LogP contribution is -2.32. The molecule has 1 aromatic heterocycles. The lowest BCUT2D eigenvalue weighted by Gasteiger charge is -2.25. The van der Waals surface area contributed by atoms with Crippen LogP contribution in [0.4, 0.5) is 0 Å². The predicted molar refractivity (Wildman–Crippen MR) is 128 cm³/mol. The van der Waals surface area contributed by atoms with E-state index in [0.717, 1.165) is 23.4 Å². The second-order valence-electron chi connectivity index (χ2n) is 9.11. The van der Waals surface area contributed by atoms with Crippen LogP contribution in [0.5, 0.6) is 5.75 Å². The van der Waals surface area contributed by atoms with Gasteiger partial charge in [0, 0.05) is 24.5 Å². The highest BCUT2D eigenvalue weighted by molar-refractivity contribution is 6.46. The van der Waals surface area contributed by atoms with Gasteiger partial charge in [-0.3, -0.25) is 14.6 Å². The SMILES string of the molecule is Cc1cc(C(O)=C2C(=O)C(=O)N(CCCN(C)C)[C@H]2c2ccncc2)ccc1OCC(C)C. The molecule has 0 aliphatic carbocycles. The Kier molecular flexibility index (Phi) is 7.87. The van der Waals surface area contributed by atoms with Crippen molar-refractivity contribution in [1.29, 1.82) is 0 Å². The molecular formula is C26H33N3O4. The second kappa shape index (κ2) is 10.6. The summed E-state index contributed by atoms with van der Waals surface area (Å²) in [5.41, 5.74) is 2.17. The number of amides is 1. The average molecular weight is 452 g/mol. The molecule has 1 amide bonds. The van der Waals surface area contributed by atoms with Crippen molar-refractivity contribution in [3.05, 3.63) is 65.0 Å². The number of ether oxygens (including phenoxy) is 1. The Morgan fingerprint density at radius 1 is 1.18 bits per heavy atom. The lowest BCUT2D eigenvalue weighted by atomic mass is 9.95. The van der Waals surface area contributed by atoms with Crippen molar-refractivity contribution in [2.45, 2.75) is 33.2 Å². The molecule has 1 saturated heterocycles. The zero-order valence-corrected chi connectivity index (χ0v) is 20.0. The van der Waals surface area contributed by atoms with Gasteiger partial charge in [-0.1, -0.05) is 13.8 Å². The first-order valence-electron chi connectivity index (χ1n) is 11.3. The maximum absolute atomic E-state index is 13.1. The van der Waals surface area contributed by atoms with E-state index in [1.807, 2.05) is 25.9 Å². The molecule has 1 N–H and O–H groups in total. The zero-order valence-electron chi connectivity index (χ0n) is 20.0. The van der Waals surface area contributed by atoms with Crippen LogP contribution in [0.25, 0.3) is 5.76 Å². The molecule has 2 aromatic rings. The Bertz CT molecular complexity index is 1030.